The number of nitrogens with zero attached hydrogens (tertiary/aromatic N) is 1. The maximum Gasteiger partial charge on any atom is 0.255 e. The third-order valence-electron chi connectivity index (χ3n) is 3.77. The molecule has 0 aliphatic heterocycles. The molecule has 0 radical (unpaired) electrons. The Hall–Kier alpha value is -2.49. The number of nitrogens with one attached hydrogen (secondary N) is 1. The minimum atomic E-state index is -3.60. The second kappa shape index (κ2) is 7.40. The molecule has 26 heavy (non-hydrogen) atoms. The Labute approximate surface area is 153 Å². The number of methoxy groups -OCH3 is 1. The van der Waals surface area contributed by atoms with Gasteiger partial charge in [0.25, 0.3) is 5.56 Å². The number of fused-ring (bicyclic) bond motifs is 1. The van der Waals surface area contributed by atoms with E-state index in [1.54, 1.807) is 36.5 Å². The quantitative estimate of drug-likeness (QED) is 0.380. The number of rotatable bonds is 6. The van der Waals surface area contributed by atoms with Crippen molar-refractivity contribution in [3.63, 3.8) is 0 Å². The van der Waals surface area contributed by atoms with Gasteiger partial charge in [0.05, 0.1) is 17.2 Å². The minimum absolute atomic E-state index is 0.0734. The molecule has 2 N–H and O–H groups in total. The van der Waals surface area contributed by atoms with Crippen molar-refractivity contribution < 1.29 is 18.4 Å². The van der Waals surface area contributed by atoms with E-state index in [-0.39, 0.29) is 27.8 Å². The Bertz CT molecular complexity index is 1130. The predicted octanol–water partition coefficient (Wildman–Crippen LogP) is 2.39. The van der Waals surface area contributed by atoms with E-state index >= 15 is 0 Å². The monoisotopic (exact) mass is 392 g/mol. The van der Waals surface area contributed by atoms with Crippen LogP contribution in [0.3, 0.4) is 0 Å². The topological polar surface area (TPSA) is 109 Å². The Morgan fingerprint density at radius 1 is 1.27 bits per heavy atom. The van der Waals surface area contributed by atoms with Crippen molar-refractivity contribution in [1.82, 2.24) is 4.98 Å². The first-order valence-electron chi connectivity index (χ1n) is 7.58. The van der Waals surface area contributed by atoms with Gasteiger partial charge in [-0.1, -0.05) is 17.3 Å². The van der Waals surface area contributed by atoms with Gasteiger partial charge in [-0.3, -0.25) is 4.79 Å². The van der Waals surface area contributed by atoms with Crippen molar-refractivity contribution in [3.8, 4) is 0 Å². The van der Waals surface area contributed by atoms with Crippen LogP contribution < -0.4 is 5.56 Å². The molecule has 0 saturated heterocycles. The van der Waals surface area contributed by atoms with Crippen molar-refractivity contribution in [2.24, 2.45) is 5.16 Å². The van der Waals surface area contributed by atoms with Crippen molar-refractivity contribution in [2.45, 2.75) is 9.96 Å². The van der Waals surface area contributed by atoms with Crippen molar-refractivity contribution in [2.75, 3.05) is 13.7 Å². The fourth-order valence-corrected chi connectivity index (χ4v) is 5.24. The zero-order valence-electron chi connectivity index (χ0n) is 13.8. The Balaban J connectivity index is 1.91. The molecule has 0 atom stereocenters. The minimum Gasteiger partial charge on any atom is -0.411 e. The molecule has 136 valence electrons. The standard InChI is InChI=1S/C17H16N2O5S2/c1-24-9-14(19-21)15-4-5-16(25-15)26(22,23)10-11-2-3-12-6-7-18-17(20)13(12)8-11/h2-8,21H,9-10H2,1H3,(H,18,20)/b19-14+. The maximum absolute atomic E-state index is 12.7. The predicted molar refractivity (Wildman–Crippen MR) is 100.0 cm³/mol. The molecule has 0 aliphatic rings. The van der Waals surface area contributed by atoms with E-state index in [2.05, 4.69) is 10.1 Å². The summed E-state index contributed by atoms with van der Waals surface area (Å²) in [6.07, 6.45) is 1.55. The first-order chi connectivity index (χ1) is 12.4. The number of aromatic amines is 1. The average molecular weight is 392 g/mol. The van der Waals surface area contributed by atoms with Crippen LogP contribution in [-0.4, -0.2) is 38.0 Å². The van der Waals surface area contributed by atoms with Gasteiger partial charge in [0.15, 0.2) is 9.84 Å². The molecule has 0 unspecified atom stereocenters. The average Bonchev–Trinajstić information content (AvgIpc) is 3.11. The number of hydrogen-bond acceptors (Lipinski definition) is 7. The second-order valence-corrected chi connectivity index (χ2v) is 8.89. The molecular weight excluding hydrogens is 376 g/mol. The Morgan fingerprint density at radius 2 is 2.08 bits per heavy atom. The van der Waals surface area contributed by atoms with Crippen LogP contribution in [0, 0.1) is 0 Å². The molecule has 9 heteroatoms. The van der Waals surface area contributed by atoms with Crippen LogP contribution in [0.15, 0.2) is 56.8 Å². The summed E-state index contributed by atoms with van der Waals surface area (Å²) >= 11 is 1.01. The molecule has 0 fully saturated rings. The van der Waals surface area contributed by atoms with Crippen LogP contribution in [-0.2, 0) is 20.3 Å². The molecule has 3 aromatic rings. The van der Waals surface area contributed by atoms with Crippen molar-refractivity contribution in [3.05, 3.63) is 63.4 Å². The molecule has 3 rings (SSSR count). The molecular formula is C17H16N2O5S2. The van der Waals surface area contributed by atoms with E-state index in [4.69, 9.17) is 9.94 Å². The van der Waals surface area contributed by atoms with Gasteiger partial charge in [-0.05, 0) is 35.2 Å². The van der Waals surface area contributed by atoms with E-state index in [0.29, 0.717) is 15.8 Å². The number of oxime groups is 1. The SMILES string of the molecule is COC/C(=N\O)c1ccc(S(=O)(=O)Cc2ccc3cc[nH]c(=O)c3c2)s1. The Morgan fingerprint density at radius 3 is 2.81 bits per heavy atom. The summed E-state index contributed by atoms with van der Waals surface area (Å²) < 4.78 is 30.5. The number of aromatic nitrogens is 1. The molecule has 1 aromatic carbocycles. The van der Waals surface area contributed by atoms with Gasteiger partial charge >= 0.3 is 0 Å². The lowest BCUT2D eigenvalue weighted by molar-refractivity contribution is 0.238. The van der Waals surface area contributed by atoms with Crippen molar-refractivity contribution >= 4 is 37.7 Å². The molecule has 2 heterocycles. The number of thiophene rings is 1. The summed E-state index contributed by atoms with van der Waals surface area (Å²) in [6.45, 7) is 0.0734. The lowest BCUT2D eigenvalue weighted by Gasteiger charge is -2.04. The van der Waals surface area contributed by atoms with E-state index in [1.807, 2.05) is 0 Å². The van der Waals surface area contributed by atoms with Gasteiger partial charge in [0.1, 0.15) is 9.92 Å². The van der Waals surface area contributed by atoms with Gasteiger partial charge in [-0.15, -0.1) is 11.3 Å². The summed E-state index contributed by atoms with van der Waals surface area (Å²) in [5, 5.41) is 13.4. The summed E-state index contributed by atoms with van der Waals surface area (Å²) in [7, 11) is -2.15. The largest absolute Gasteiger partial charge is 0.411 e. The summed E-state index contributed by atoms with van der Waals surface area (Å²) in [6, 6.07) is 9.82. The first kappa shape index (κ1) is 18.3. The fourth-order valence-electron chi connectivity index (χ4n) is 2.54. The van der Waals surface area contributed by atoms with E-state index < -0.39 is 9.84 Å². The van der Waals surface area contributed by atoms with Gasteiger partial charge in [-0.2, -0.15) is 0 Å². The number of benzene rings is 1. The second-order valence-electron chi connectivity index (χ2n) is 5.59. The molecule has 2 aromatic heterocycles. The third-order valence-corrected chi connectivity index (χ3v) is 7.17. The highest BCUT2D eigenvalue weighted by Crippen LogP contribution is 2.26. The highest BCUT2D eigenvalue weighted by atomic mass is 32.2. The maximum atomic E-state index is 12.7. The van der Waals surface area contributed by atoms with E-state index in [9.17, 15) is 13.2 Å². The van der Waals surface area contributed by atoms with Gasteiger partial charge < -0.3 is 14.9 Å². The first-order valence-corrected chi connectivity index (χ1v) is 10.0. The fraction of sp³-hybridized carbons (Fsp3) is 0.176. The molecule has 0 spiro atoms. The van der Waals surface area contributed by atoms with Gasteiger partial charge in [-0.25, -0.2) is 8.42 Å². The lowest BCUT2D eigenvalue weighted by Crippen LogP contribution is -2.07. The highest BCUT2D eigenvalue weighted by Gasteiger charge is 2.20. The van der Waals surface area contributed by atoms with Crippen LogP contribution in [0.2, 0.25) is 0 Å². The van der Waals surface area contributed by atoms with E-state index in [1.165, 1.54) is 13.2 Å². The normalized spacial score (nSPS) is 12.6. The number of hydrogen-bond donors (Lipinski definition) is 2. The number of ether oxygens (including phenoxy) is 1. The number of sulfone groups is 1. The molecule has 0 amide bonds. The summed E-state index contributed by atoms with van der Waals surface area (Å²) in [5.41, 5.74) is 0.525. The van der Waals surface area contributed by atoms with Crippen molar-refractivity contribution in [1.29, 1.82) is 0 Å². The van der Waals surface area contributed by atoms with Crippen LogP contribution in [0.1, 0.15) is 10.4 Å². The lowest BCUT2D eigenvalue weighted by atomic mass is 10.1. The zero-order chi connectivity index (χ0) is 18.7. The van der Waals surface area contributed by atoms with Crippen LogP contribution >= 0.6 is 11.3 Å². The summed E-state index contributed by atoms with van der Waals surface area (Å²) in [4.78, 5) is 15.0. The smallest absolute Gasteiger partial charge is 0.255 e. The number of pyridine rings is 1. The Kier molecular flexibility index (Phi) is 5.21. The third kappa shape index (κ3) is 3.69. The molecule has 0 aliphatic carbocycles. The van der Waals surface area contributed by atoms with Crippen LogP contribution in [0.5, 0.6) is 0 Å². The van der Waals surface area contributed by atoms with Crippen LogP contribution in [0.4, 0.5) is 0 Å². The highest BCUT2D eigenvalue weighted by molar-refractivity contribution is 7.92. The van der Waals surface area contributed by atoms with Crippen LogP contribution in [0.25, 0.3) is 10.8 Å². The molecule has 7 nitrogen and oxygen atoms in total. The molecule has 0 bridgehead atoms. The summed E-state index contributed by atoms with van der Waals surface area (Å²) in [5.74, 6) is -0.229. The zero-order valence-corrected chi connectivity index (χ0v) is 15.4. The van der Waals surface area contributed by atoms with Gasteiger partial charge in [0, 0.05) is 18.7 Å². The van der Waals surface area contributed by atoms with Gasteiger partial charge in [0.2, 0.25) is 0 Å². The molecule has 0 saturated carbocycles. The number of H-pyrrole nitrogens is 1. The van der Waals surface area contributed by atoms with E-state index in [0.717, 1.165) is 16.7 Å².